The molecule has 2 aromatic heterocycles. The Kier molecular flexibility index (Phi) is 3.87. The summed E-state index contributed by atoms with van der Waals surface area (Å²) in [6.07, 6.45) is 6.06. The molecule has 0 radical (unpaired) electrons. The first kappa shape index (κ1) is 12.9. The van der Waals surface area contributed by atoms with E-state index in [1.807, 2.05) is 38.8 Å². The van der Waals surface area contributed by atoms with Crippen molar-refractivity contribution in [1.82, 2.24) is 15.1 Å². The van der Waals surface area contributed by atoms with E-state index in [2.05, 4.69) is 22.7 Å². The number of furan rings is 1. The molecule has 0 spiro atoms. The monoisotopic (exact) mass is 247 g/mol. The smallest absolute Gasteiger partial charge is 0.105 e. The highest BCUT2D eigenvalue weighted by atomic mass is 16.3. The molecule has 0 saturated carbocycles. The maximum absolute atomic E-state index is 5.60. The Hall–Kier alpha value is -1.55. The number of nitrogens with zero attached hydrogens (tertiary/aromatic N) is 2. The molecule has 1 N–H and O–H groups in total. The van der Waals surface area contributed by atoms with Gasteiger partial charge in [-0.25, -0.2) is 0 Å². The second-order valence-electron chi connectivity index (χ2n) is 4.77. The summed E-state index contributed by atoms with van der Waals surface area (Å²) in [6.45, 7) is 4.01. The lowest BCUT2D eigenvalue weighted by molar-refractivity contribution is 0.484. The van der Waals surface area contributed by atoms with E-state index in [1.54, 1.807) is 0 Å². The van der Waals surface area contributed by atoms with Gasteiger partial charge in [-0.3, -0.25) is 4.68 Å². The van der Waals surface area contributed by atoms with E-state index in [4.69, 9.17) is 4.42 Å². The second-order valence-corrected chi connectivity index (χ2v) is 4.77. The van der Waals surface area contributed by atoms with Crippen molar-refractivity contribution in [3.63, 3.8) is 0 Å². The van der Waals surface area contributed by atoms with Gasteiger partial charge < -0.3 is 9.73 Å². The zero-order valence-corrected chi connectivity index (χ0v) is 11.5. The van der Waals surface area contributed by atoms with Crippen LogP contribution in [0.1, 0.15) is 35.1 Å². The van der Waals surface area contributed by atoms with Crippen molar-refractivity contribution in [2.45, 2.75) is 32.7 Å². The lowest BCUT2D eigenvalue weighted by Crippen LogP contribution is -2.17. The molecule has 98 valence electrons. The van der Waals surface area contributed by atoms with E-state index in [9.17, 15) is 0 Å². The number of hydrogen-bond donors (Lipinski definition) is 1. The molecule has 0 aliphatic carbocycles. The van der Waals surface area contributed by atoms with E-state index in [-0.39, 0.29) is 0 Å². The number of aryl methyl sites for hydroxylation is 4. The third-order valence-corrected chi connectivity index (χ3v) is 3.28. The van der Waals surface area contributed by atoms with Gasteiger partial charge in [-0.1, -0.05) is 0 Å². The molecule has 0 fully saturated rings. The summed E-state index contributed by atoms with van der Waals surface area (Å²) in [5.41, 5.74) is 2.54. The minimum absolute atomic E-state index is 0.336. The van der Waals surface area contributed by atoms with E-state index in [1.165, 1.54) is 11.1 Å². The van der Waals surface area contributed by atoms with Gasteiger partial charge in [0.05, 0.1) is 6.20 Å². The predicted octanol–water partition coefficient (Wildman–Crippen LogP) is 2.52. The van der Waals surface area contributed by atoms with E-state index in [0.29, 0.717) is 6.04 Å². The first-order valence-corrected chi connectivity index (χ1v) is 6.32. The summed E-state index contributed by atoms with van der Waals surface area (Å²) in [4.78, 5) is 0. The highest BCUT2D eigenvalue weighted by molar-refractivity contribution is 5.24. The molecule has 0 saturated heterocycles. The van der Waals surface area contributed by atoms with Gasteiger partial charge in [0.1, 0.15) is 11.5 Å². The van der Waals surface area contributed by atoms with Crippen molar-refractivity contribution in [3.8, 4) is 0 Å². The topological polar surface area (TPSA) is 43.0 Å². The number of hydrogen-bond acceptors (Lipinski definition) is 3. The minimum atomic E-state index is 0.336. The fraction of sp³-hybridized carbons (Fsp3) is 0.500. The highest BCUT2D eigenvalue weighted by Gasteiger charge is 2.15. The van der Waals surface area contributed by atoms with Crippen LogP contribution in [0.2, 0.25) is 0 Å². The summed E-state index contributed by atoms with van der Waals surface area (Å²) in [5.74, 6) is 1.99. The molecule has 18 heavy (non-hydrogen) atoms. The van der Waals surface area contributed by atoms with Crippen LogP contribution in [-0.2, 0) is 13.5 Å². The van der Waals surface area contributed by atoms with Gasteiger partial charge >= 0.3 is 0 Å². The molecule has 2 heterocycles. The highest BCUT2D eigenvalue weighted by Crippen LogP contribution is 2.25. The van der Waals surface area contributed by atoms with Gasteiger partial charge in [-0.2, -0.15) is 5.10 Å². The van der Waals surface area contributed by atoms with Crippen LogP contribution in [0.5, 0.6) is 0 Å². The van der Waals surface area contributed by atoms with Crippen LogP contribution >= 0.6 is 0 Å². The minimum Gasteiger partial charge on any atom is -0.466 e. The van der Waals surface area contributed by atoms with Gasteiger partial charge in [0, 0.05) is 24.8 Å². The number of nitrogens with one attached hydrogen (secondary N) is 1. The molecule has 0 aromatic carbocycles. The van der Waals surface area contributed by atoms with Gasteiger partial charge in [0.25, 0.3) is 0 Å². The molecule has 1 unspecified atom stereocenters. The van der Waals surface area contributed by atoms with Crippen molar-refractivity contribution in [2.24, 2.45) is 7.05 Å². The van der Waals surface area contributed by atoms with Crippen LogP contribution in [0.15, 0.2) is 22.9 Å². The molecule has 1 atom stereocenters. The largest absolute Gasteiger partial charge is 0.466 e. The van der Waals surface area contributed by atoms with Gasteiger partial charge in [-0.05, 0) is 45.4 Å². The third kappa shape index (κ3) is 2.82. The molecular weight excluding hydrogens is 226 g/mol. The fourth-order valence-corrected chi connectivity index (χ4v) is 2.36. The van der Waals surface area contributed by atoms with Crippen molar-refractivity contribution >= 4 is 0 Å². The van der Waals surface area contributed by atoms with Crippen LogP contribution in [0.3, 0.4) is 0 Å². The zero-order chi connectivity index (χ0) is 13.1. The van der Waals surface area contributed by atoms with Crippen LogP contribution < -0.4 is 5.32 Å². The van der Waals surface area contributed by atoms with E-state index in [0.717, 1.165) is 24.4 Å². The normalized spacial score (nSPS) is 12.9. The quantitative estimate of drug-likeness (QED) is 0.883. The fourth-order valence-electron chi connectivity index (χ4n) is 2.36. The molecule has 0 amide bonds. The molecule has 2 rings (SSSR count). The third-order valence-electron chi connectivity index (χ3n) is 3.28. The average molecular weight is 247 g/mol. The summed E-state index contributed by atoms with van der Waals surface area (Å²) >= 11 is 0. The summed E-state index contributed by atoms with van der Waals surface area (Å²) in [6, 6.07) is 2.46. The first-order chi connectivity index (χ1) is 8.60. The molecule has 2 aromatic rings. The Morgan fingerprint density at radius 1 is 1.44 bits per heavy atom. The second kappa shape index (κ2) is 5.40. The van der Waals surface area contributed by atoms with Crippen LogP contribution in [0.25, 0.3) is 0 Å². The summed E-state index contributed by atoms with van der Waals surface area (Å²) in [5, 5.41) is 7.55. The van der Waals surface area contributed by atoms with Crippen molar-refractivity contribution in [2.75, 3.05) is 7.05 Å². The average Bonchev–Trinajstić information content (AvgIpc) is 2.87. The van der Waals surface area contributed by atoms with Gasteiger partial charge in [0.15, 0.2) is 0 Å². The maximum atomic E-state index is 5.60. The van der Waals surface area contributed by atoms with Crippen LogP contribution in [0, 0.1) is 13.8 Å². The van der Waals surface area contributed by atoms with E-state index >= 15 is 0 Å². The maximum Gasteiger partial charge on any atom is 0.105 e. The van der Waals surface area contributed by atoms with Crippen molar-refractivity contribution in [3.05, 3.63) is 41.1 Å². The van der Waals surface area contributed by atoms with E-state index < -0.39 is 0 Å². The standard InChI is InChI=1S/C14H21N3O/c1-10-7-13(11(2)18-10)14(15-3)6-5-12-8-16-17(4)9-12/h7-9,14-15H,5-6H2,1-4H3. The lowest BCUT2D eigenvalue weighted by Gasteiger charge is -2.14. The summed E-state index contributed by atoms with van der Waals surface area (Å²) in [7, 11) is 3.94. The van der Waals surface area contributed by atoms with Crippen molar-refractivity contribution < 1.29 is 4.42 Å². The predicted molar refractivity (Wildman–Crippen MR) is 71.5 cm³/mol. The number of aromatic nitrogens is 2. The SMILES string of the molecule is CNC(CCc1cnn(C)c1)c1cc(C)oc1C. The molecule has 0 aliphatic rings. The Morgan fingerprint density at radius 2 is 2.22 bits per heavy atom. The number of rotatable bonds is 5. The van der Waals surface area contributed by atoms with Gasteiger partial charge in [-0.15, -0.1) is 0 Å². The zero-order valence-electron chi connectivity index (χ0n) is 11.5. The van der Waals surface area contributed by atoms with Gasteiger partial charge in [0.2, 0.25) is 0 Å². The Labute approximate surface area is 108 Å². The summed E-state index contributed by atoms with van der Waals surface area (Å²) < 4.78 is 7.44. The molecule has 0 aliphatic heterocycles. The molecule has 0 bridgehead atoms. The lowest BCUT2D eigenvalue weighted by atomic mass is 10.0. The molecule has 4 heteroatoms. The molecular formula is C14H21N3O. The Morgan fingerprint density at radius 3 is 2.72 bits per heavy atom. The van der Waals surface area contributed by atoms with Crippen molar-refractivity contribution in [1.29, 1.82) is 0 Å². The Balaban J connectivity index is 2.03. The van der Waals surface area contributed by atoms with Crippen LogP contribution in [0.4, 0.5) is 0 Å². The van der Waals surface area contributed by atoms with Crippen LogP contribution in [-0.4, -0.2) is 16.8 Å². The molecule has 4 nitrogen and oxygen atoms in total. The Bertz CT molecular complexity index is 513. The first-order valence-electron chi connectivity index (χ1n) is 6.32.